The number of nitrogens with zero attached hydrogens (tertiary/aromatic N) is 2. The molecule has 20 heavy (non-hydrogen) atoms. The van der Waals surface area contributed by atoms with Crippen molar-refractivity contribution in [2.45, 2.75) is 32.9 Å². The van der Waals surface area contributed by atoms with E-state index >= 15 is 0 Å². The fourth-order valence-electron chi connectivity index (χ4n) is 1.84. The van der Waals surface area contributed by atoms with Crippen LogP contribution in [0.2, 0.25) is 0 Å². The molecule has 0 radical (unpaired) electrons. The molecule has 1 rings (SSSR count). The van der Waals surface area contributed by atoms with Crippen molar-refractivity contribution >= 4 is 5.91 Å². The first kappa shape index (κ1) is 16.6. The zero-order valence-corrected chi connectivity index (χ0v) is 12.7. The molecule has 0 aliphatic carbocycles. The maximum atomic E-state index is 12.3. The van der Waals surface area contributed by atoms with Crippen molar-refractivity contribution in [2.24, 2.45) is 0 Å². The highest BCUT2D eigenvalue weighted by atomic mass is 16.5. The smallest absolute Gasteiger partial charge is 0.251 e. The molecule has 112 valence electrons. The number of pyridine rings is 1. The van der Waals surface area contributed by atoms with Gasteiger partial charge in [0.15, 0.2) is 0 Å². The normalized spacial score (nSPS) is 13.8. The summed E-state index contributed by atoms with van der Waals surface area (Å²) in [7, 11) is 1.79. The maximum absolute atomic E-state index is 12.3. The molecule has 0 bridgehead atoms. The van der Waals surface area contributed by atoms with Crippen molar-refractivity contribution in [1.82, 2.24) is 9.88 Å². The van der Waals surface area contributed by atoms with Crippen LogP contribution in [0.3, 0.4) is 0 Å². The van der Waals surface area contributed by atoms with Gasteiger partial charge in [-0.05, 0) is 38.5 Å². The third-order valence-electron chi connectivity index (χ3n) is 3.26. The van der Waals surface area contributed by atoms with Crippen molar-refractivity contribution in [3.05, 3.63) is 30.1 Å². The summed E-state index contributed by atoms with van der Waals surface area (Å²) in [5.41, 5.74) is 1.05. The van der Waals surface area contributed by atoms with Gasteiger partial charge < -0.3 is 14.4 Å². The summed E-state index contributed by atoms with van der Waals surface area (Å²) in [6.07, 6.45) is 2.99. The van der Waals surface area contributed by atoms with Gasteiger partial charge in [0.1, 0.15) is 6.10 Å². The molecule has 5 nitrogen and oxygen atoms in total. The Morgan fingerprint density at radius 3 is 2.55 bits per heavy atom. The minimum Gasteiger partial charge on any atom is -0.379 e. The van der Waals surface area contributed by atoms with E-state index in [1.807, 2.05) is 26.0 Å². The molecule has 2 atom stereocenters. The average molecular weight is 280 g/mol. The molecular formula is C15H24N2O3. The summed E-state index contributed by atoms with van der Waals surface area (Å²) in [5, 5.41) is 0. The zero-order valence-electron chi connectivity index (χ0n) is 12.7. The molecule has 5 heteroatoms. The lowest BCUT2D eigenvalue weighted by atomic mass is 10.1. The molecule has 1 aromatic heterocycles. The predicted octanol–water partition coefficient (Wildman–Crippen LogP) is 2.04. The number of hydrogen-bond acceptors (Lipinski definition) is 4. The van der Waals surface area contributed by atoms with Crippen molar-refractivity contribution in [3.63, 3.8) is 0 Å². The summed E-state index contributed by atoms with van der Waals surface area (Å²) < 4.78 is 10.7. The van der Waals surface area contributed by atoms with E-state index in [0.717, 1.165) is 5.56 Å². The van der Waals surface area contributed by atoms with E-state index < -0.39 is 6.10 Å². The van der Waals surface area contributed by atoms with E-state index in [-0.39, 0.29) is 11.9 Å². The number of aromatic nitrogens is 1. The maximum Gasteiger partial charge on any atom is 0.251 e. The third kappa shape index (κ3) is 4.90. The Labute approximate surface area is 120 Å². The Morgan fingerprint density at radius 1 is 1.30 bits per heavy atom. The van der Waals surface area contributed by atoms with Gasteiger partial charge in [-0.1, -0.05) is 0 Å². The number of ether oxygens (including phenoxy) is 2. The van der Waals surface area contributed by atoms with Crippen LogP contribution in [0.1, 0.15) is 32.4 Å². The van der Waals surface area contributed by atoms with Crippen molar-refractivity contribution in [1.29, 1.82) is 0 Å². The Morgan fingerprint density at radius 2 is 1.95 bits per heavy atom. The molecule has 1 heterocycles. The summed E-state index contributed by atoms with van der Waals surface area (Å²) >= 11 is 0. The average Bonchev–Trinajstić information content (AvgIpc) is 2.50. The van der Waals surface area contributed by atoms with Crippen LogP contribution in [0, 0.1) is 0 Å². The summed E-state index contributed by atoms with van der Waals surface area (Å²) in [4.78, 5) is 17.9. The van der Waals surface area contributed by atoms with Crippen LogP contribution in [0.15, 0.2) is 24.5 Å². The van der Waals surface area contributed by atoms with E-state index in [0.29, 0.717) is 19.8 Å². The van der Waals surface area contributed by atoms with Gasteiger partial charge in [-0.3, -0.25) is 9.78 Å². The van der Waals surface area contributed by atoms with Gasteiger partial charge in [0.05, 0.1) is 19.3 Å². The van der Waals surface area contributed by atoms with Crippen LogP contribution >= 0.6 is 0 Å². The fourth-order valence-corrected chi connectivity index (χ4v) is 1.84. The Bertz CT molecular complexity index is 397. The van der Waals surface area contributed by atoms with E-state index in [1.54, 1.807) is 31.3 Å². The number of hydrogen-bond donors (Lipinski definition) is 0. The largest absolute Gasteiger partial charge is 0.379 e. The van der Waals surface area contributed by atoms with Crippen LogP contribution < -0.4 is 0 Å². The number of carbonyl (C=O) groups excluding carboxylic acids is 1. The molecule has 0 aliphatic rings. The summed E-state index contributed by atoms with van der Waals surface area (Å²) in [6.45, 7) is 7.28. The second-order valence-electron chi connectivity index (χ2n) is 4.62. The Kier molecular flexibility index (Phi) is 7.18. The lowest BCUT2D eigenvalue weighted by Crippen LogP contribution is -2.38. The Hall–Kier alpha value is -1.46. The summed E-state index contributed by atoms with van der Waals surface area (Å²) in [5.74, 6) is -0.0363. The number of likely N-dealkylation sites (N-methyl/N-ethyl adjacent to an activating group) is 1. The number of amides is 1. The highest BCUT2D eigenvalue weighted by Gasteiger charge is 2.22. The molecule has 1 aromatic rings. The molecule has 0 N–H and O–H groups in total. The Balaban J connectivity index is 2.49. The van der Waals surface area contributed by atoms with Crippen LogP contribution in [0.25, 0.3) is 0 Å². The van der Waals surface area contributed by atoms with Crippen molar-refractivity contribution in [3.8, 4) is 0 Å². The van der Waals surface area contributed by atoms with Gasteiger partial charge in [-0.25, -0.2) is 0 Å². The minimum absolute atomic E-state index is 0.0107. The van der Waals surface area contributed by atoms with Crippen molar-refractivity contribution < 1.29 is 14.3 Å². The molecule has 0 aliphatic heterocycles. The molecule has 0 spiro atoms. The molecule has 0 saturated carbocycles. The van der Waals surface area contributed by atoms with E-state index in [1.165, 1.54) is 0 Å². The second kappa shape index (κ2) is 8.66. The topological polar surface area (TPSA) is 51.7 Å². The van der Waals surface area contributed by atoms with Crippen molar-refractivity contribution in [2.75, 3.05) is 26.9 Å². The molecule has 0 fully saturated rings. The van der Waals surface area contributed by atoms with E-state index in [4.69, 9.17) is 9.47 Å². The molecule has 2 unspecified atom stereocenters. The lowest BCUT2D eigenvalue weighted by Gasteiger charge is -2.28. The second-order valence-corrected chi connectivity index (χ2v) is 4.62. The van der Waals surface area contributed by atoms with E-state index in [2.05, 4.69) is 4.98 Å². The quantitative estimate of drug-likeness (QED) is 0.684. The molecule has 0 aromatic carbocycles. The van der Waals surface area contributed by atoms with Crippen LogP contribution in [-0.4, -0.2) is 48.8 Å². The third-order valence-corrected chi connectivity index (χ3v) is 3.26. The summed E-state index contributed by atoms with van der Waals surface area (Å²) in [6, 6.07) is 3.81. The van der Waals surface area contributed by atoms with Gasteiger partial charge in [-0.2, -0.15) is 0 Å². The zero-order chi connectivity index (χ0) is 15.0. The number of carbonyl (C=O) groups is 1. The minimum atomic E-state index is -0.468. The highest BCUT2D eigenvalue weighted by Crippen LogP contribution is 2.18. The highest BCUT2D eigenvalue weighted by molar-refractivity contribution is 5.80. The molecule has 1 amide bonds. The predicted molar refractivity (Wildman–Crippen MR) is 77.3 cm³/mol. The standard InChI is InChI=1S/C15H24N2O3/c1-5-19-10-11-20-13(3)15(18)17(4)12(2)14-6-8-16-9-7-14/h6-9,12-13H,5,10-11H2,1-4H3. The van der Waals surface area contributed by atoms with Gasteiger partial charge in [0, 0.05) is 26.0 Å². The van der Waals surface area contributed by atoms with Gasteiger partial charge in [-0.15, -0.1) is 0 Å². The molecular weight excluding hydrogens is 256 g/mol. The molecule has 0 saturated heterocycles. The SMILES string of the molecule is CCOCCOC(C)C(=O)N(C)C(C)c1ccncc1. The van der Waals surface area contributed by atoms with E-state index in [9.17, 15) is 4.79 Å². The van der Waals surface area contributed by atoms with Gasteiger partial charge >= 0.3 is 0 Å². The fraction of sp³-hybridized carbons (Fsp3) is 0.600. The lowest BCUT2D eigenvalue weighted by molar-refractivity contribution is -0.144. The van der Waals surface area contributed by atoms with Gasteiger partial charge in [0.2, 0.25) is 0 Å². The van der Waals surface area contributed by atoms with Crippen LogP contribution in [0.5, 0.6) is 0 Å². The first-order valence-corrected chi connectivity index (χ1v) is 6.93. The van der Waals surface area contributed by atoms with Crippen LogP contribution in [0.4, 0.5) is 0 Å². The first-order chi connectivity index (χ1) is 9.57. The number of rotatable bonds is 8. The first-order valence-electron chi connectivity index (χ1n) is 6.93. The van der Waals surface area contributed by atoms with Gasteiger partial charge in [0.25, 0.3) is 5.91 Å². The monoisotopic (exact) mass is 280 g/mol. The van der Waals surface area contributed by atoms with Crippen LogP contribution in [-0.2, 0) is 14.3 Å².